The van der Waals surface area contributed by atoms with Gasteiger partial charge in [-0.15, -0.1) is 0 Å². The van der Waals surface area contributed by atoms with Crippen LogP contribution in [0, 0.1) is 11.3 Å². The lowest BCUT2D eigenvalue weighted by atomic mass is 10.1. The van der Waals surface area contributed by atoms with Gasteiger partial charge >= 0.3 is 0 Å². The highest BCUT2D eigenvalue weighted by atomic mass is 16.5. The van der Waals surface area contributed by atoms with Gasteiger partial charge in [-0.25, -0.2) is 0 Å². The maximum absolute atomic E-state index is 11.9. The van der Waals surface area contributed by atoms with Crippen LogP contribution in [-0.4, -0.2) is 32.6 Å². The number of rotatable bonds is 8. The Morgan fingerprint density at radius 3 is 2.33 bits per heavy atom. The summed E-state index contributed by atoms with van der Waals surface area (Å²) in [6.07, 6.45) is 0.329. The van der Waals surface area contributed by atoms with E-state index in [0.717, 1.165) is 5.56 Å². The first-order valence-electron chi connectivity index (χ1n) is 8.33. The second-order valence-electron chi connectivity index (χ2n) is 5.70. The Morgan fingerprint density at radius 1 is 1.00 bits per heavy atom. The van der Waals surface area contributed by atoms with E-state index in [1.165, 1.54) is 0 Å². The number of ether oxygens (including phenoxy) is 2. The van der Waals surface area contributed by atoms with Crippen molar-refractivity contribution in [1.29, 1.82) is 5.26 Å². The number of amides is 2. The molecule has 7 heteroatoms. The number of carbonyl (C=O) groups is 2. The van der Waals surface area contributed by atoms with Crippen molar-refractivity contribution in [3.05, 3.63) is 53.6 Å². The molecule has 27 heavy (non-hydrogen) atoms. The number of nitriles is 1. The molecule has 2 aromatic rings. The summed E-state index contributed by atoms with van der Waals surface area (Å²) in [6.45, 7) is 0.401. The minimum absolute atomic E-state index is 0.272. The Hall–Kier alpha value is -3.53. The van der Waals surface area contributed by atoms with E-state index in [2.05, 4.69) is 10.6 Å². The van der Waals surface area contributed by atoms with E-state index < -0.39 is 5.91 Å². The fourth-order valence-corrected chi connectivity index (χ4v) is 2.42. The molecule has 0 heterocycles. The molecule has 0 fully saturated rings. The zero-order valence-corrected chi connectivity index (χ0v) is 15.2. The van der Waals surface area contributed by atoms with E-state index >= 15 is 0 Å². The molecule has 0 bridgehead atoms. The van der Waals surface area contributed by atoms with Crippen LogP contribution >= 0.6 is 0 Å². The fourth-order valence-electron chi connectivity index (χ4n) is 2.42. The van der Waals surface area contributed by atoms with Crippen molar-refractivity contribution in [3.63, 3.8) is 0 Å². The van der Waals surface area contributed by atoms with Crippen LogP contribution in [0.5, 0.6) is 11.5 Å². The highest BCUT2D eigenvalue weighted by Gasteiger charge is 2.10. The van der Waals surface area contributed by atoms with Gasteiger partial charge in [0.05, 0.1) is 25.9 Å². The molecule has 2 N–H and O–H groups in total. The third kappa shape index (κ3) is 6.04. The van der Waals surface area contributed by atoms with Gasteiger partial charge in [-0.1, -0.05) is 6.07 Å². The van der Waals surface area contributed by atoms with Gasteiger partial charge in [0.15, 0.2) is 11.5 Å². The molecule has 2 rings (SSSR count). The molecule has 0 atom stereocenters. The summed E-state index contributed by atoms with van der Waals surface area (Å²) in [4.78, 5) is 23.8. The Morgan fingerprint density at radius 2 is 1.70 bits per heavy atom. The zero-order chi connectivity index (χ0) is 19.6. The molecule has 0 saturated heterocycles. The van der Waals surface area contributed by atoms with Crippen molar-refractivity contribution in [3.8, 4) is 17.6 Å². The lowest BCUT2D eigenvalue weighted by Crippen LogP contribution is -2.29. The molecule has 0 spiro atoms. The normalized spacial score (nSPS) is 9.81. The molecule has 140 valence electrons. The Labute approximate surface area is 157 Å². The lowest BCUT2D eigenvalue weighted by molar-refractivity contribution is -0.126. The van der Waals surface area contributed by atoms with Crippen LogP contribution in [0.3, 0.4) is 0 Å². The summed E-state index contributed by atoms with van der Waals surface area (Å²) >= 11 is 0. The standard InChI is InChI=1S/C20H21N3O4/c1-26-17-8-5-14(11-18(17)27-2)9-10-22-19(24)12-20(25)23-16-6-3-15(13-21)4-7-16/h3-8,11H,9-10,12H2,1-2H3,(H,22,24)(H,23,25). The fraction of sp³-hybridized carbons (Fsp3) is 0.250. The smallest absolute Gasteiger partial charge is 0.233 e. The predicted molar refractivity (Wildman–Crippen MR) is 101 cm³/mol. The lowest BCUT2D eigenvalue weighted by Gasteiger charge is -2.10. The number of methoxy groups -OCH3 is 2. The van der Waals surface area contributed by atoms with E-state index in [9.17, 15) is 9.59 Å². The second-order valence-corrected chi connectivity index (χ2v) is 5.70. The highest BCUT2D eigenvalue weighted by molar-refractivity contribution is 6.03. The molecule has 0 aromatic heterocycles. The van der Waals surface area contributed by atoms with Gasteiger partial charge in [-0.05, 0) is 48.4 Å². The first-order valence-corrected chi connectivity index (χ1v) is 8.33. The Balaban J connectivity index is 1.77. The van der Waals surface area contributed by atoms with Crippen molar-refractivity contribution in [1.82, 2.24) is 5.32 Å². The minimum Gasteiger partial charge on any atom is -0.493 e. The van der Waals surface area contributed by atoms with Crippen molar-refractivity contribution in [2.45, 2.75) is 12.8 Å². The first-order chi connectivity index (χ1) is 13.0. The summed E-state index contributed by atoms with van der Waals surface area (Å²) in [5.41, 5.74) is 2.02. The van der Waals surface area contributed by atoms with Gasteiger partial charge in [0, 0.05) is 12.2 Å². The molecule has 0 unspecified atom stereocenters. The summed E-state index contributed by atoms with van der Waals surface area (Å²) in [5, 5.41) is 14.1. The van der Waals surface area contributed by atoms with Crippen LogP contribution in [0.4, 0.5) is 5.69 Å². The second kappa shape index (κ2) is 9.82. The van der Waals surface area contributed by atoms with E-state index in [1.54, 1.807) is 44.6 Å². The van der Waals surface area contributed by atoms with Gasteiger partial charge in [0.25, 0.3) is 0 Å². The van der Waals surface area contributed by atoms with Crippen molar-refractivity contribution >= 4 is 17.5 Å². The number of nitrogens with zero attached hydrogens (tertiary/aromatic N) is 1. The molecule has 7 nitrogen and oxygen atoms in total. The predicted octanol–water partition coefficient (Wildman–Crippen LogP) is 2.26. The van der Waals surface area contributed by atoms with Gasteiger partial charge in [0.1, 0.15) is 6.42 Å². The average Bonchev–Trinajstić information content (AvgIpc) is 2.68. The average molecular weight is 367 g/mol. The number of nitrogens with one attached hydrogen (secondary N) is 2. The number of carbonyl (C=O) groups excluding carboxylic acids is 2. The zero-order valence-electron chi connectivity index (χ0n) is 15.2. The summed E-state index contributed by atoms with van der Waals surface area (Å²) in [7, 11) is 3.14. The van der Waals surface area contributed by atoms with Crippen LogP contribution in [0.1, 0.15) is 17.5 Å². The molecule has 0 aliphatic carbocycles. The van der Waals surface area contributed by atoms with Gasteiger partial charge in [-0.3, -0.25) is 9.59 Å². The maximum Gasteiger partial charge on any atom is 0.233 e. The molecule has 0 radical (unpaired) electrons. The summed E-state index contributed by atoms with van der Waals surface area (Å²) < 4.78 is 10.4. The number of anilines is 1. The minimum atomic E-state index is -0.414. The molecule has 0 saturated carbocycles. The van der Waals surface area contributed by atoms with Crippen LogP contribution in [-0.2, 0) is 16.0 Å². The monoisotopic (exact) mass is 367 g/mol. The van der Waals surface area contributed by atoms with Crippen LogP contribution < -0.4 is 20.1 Å². The van der Waals surface area contributed by atoms with Crippen molar-refractivity contribution < 1.29 is 19.1 Å². The van der Waals surface area contributed by atoms with Crippen molar-refractivity contribution in [2.75, 3.05) is 26.1 Å². The molecule has 2 aromatic carbocycles. The van der Waals surface area contributed by atoms with E-state index in [4.69, 9.17) is 14.7 Å². The third-order valence-corrected chi connectivity index (χ3v) is 3.80. The Kier molecular flexibility index (Phi) is 7.20. The van der Waals surface area contributed by atoms with Crippen LogP contribution in [0.2, 0.25) is 0 Å². The number of hydrogen-bond acceptors (Lipinski definition) is 5. The first kappa shape index (κ1) is 19.8. The SMILES string of the molecule is COc1ccc(CCNC(=O)CC(=O)Nc2ccc(C#N)cc2)cc1OC. The number of hydrogen-bond donors (Lipinski definition) is 2. The summed E-state index contributed by atoms with van der Waals surface area (Å²) in [5.74, 6) is 0.498. The highest BCUT2D eigenvalue weighted by Crippen LogP contribution is 2.27. The van der Waals surface area contributed by atoms with Crippen LogP contribution in [0.15, 0.2) is 42.5 Å². The van der Waals surface area contributed by atoms with Crippen LogP contribution in [0.25, 0.3) is 0 Å². The number of benzene rings is 2. The van der Waals surface area contributed by atoms with E-state index in [-0.39, 0.29) is 12.3 Å². The Bertz CT molecular complexity index is 841. The maximum atomic E-state index is 11.9. The third-order valence-electron chi connectivity index (χ3n) is 3.80. The van der Waals surface area contributed by atoms with Gasteiger partial charge < -0.3 is 20.1 Å². The molecule has 2 amide bonds. The van der Waals surface area contributed by atoms with Crippen molar-refractivity contribution in [2.24, 2.45) is 0 Å². The molecular formula is C20H21N3O4. The molecule has 0 aliphatic rings. The summed E-state index contributed by atoms with van der Waals surface area (Å²) in [6, 6.07) is 14.0. The molecular weight excluding hydrogens is 346 g/mol. The van der Waals surface area contributed by atoms with E-state index in [0.29, 0.717) is 35.7 Å². The van der Waals surface area contributed by atoms with E-state index in [1.807, 2.05) is 18.2 Å². The largest absolute Gasteiger partial charge is 0.493 e. The van der Waals surface area contributed by atoms with Gasteiger partial charge in [0.2, 0.25) is 11.8 Å². The molecule has 0 aliphatic heterocycles. The van der Waals surface area contributed by atoms with Gasteiger partial charge in [-0.2, -0.15) is 5.26 Å². The quantitative estimate of drug-likeness (QED) is 0.697. The topological polar surface area (TPSA) is 100 Å².